The molecule has 3 nitrogen and oxygen atoms in total. The first-order valence-corrected chi connectivity index (χ1v) is 8.52. The maximum absolute atomic E-state index is 11.4. The number of hydrogen-bond donors (Lipinski definition) is 1. The van der Waals surface area contributed by atoms with Crippen LogP contribution in [0.15, 0.2) is 47.4 Å². The lowest BCUT2D eigenvalue weighted by Gasteiger charge is -2.03. The van der Waals surface area contributed by atoms with E-state index in [1.54, 1.807) is 30.0 Å². The van der Waals surface area contributed by atoms with Gasteiger partial charge in [-0.2, -0.15) is 0 Å². The van der Waals surface area contributed by atoms with E-state index in [1.165, 1.54) is 4.90 Å². The van der Waals surface area contributed by atoms with E-state index >= 15 is 0 Å². The molecular formula is C16H14N2OS2. The van der Waals surface area contributed by atoms with Crippen LogP contribution < -0.4 is 5.32 Å². The monoisotopic (exact) mass is 314 g/mol. The van der Waals surface area contributed by atoms with Crippen molar-refractivity contribution in [2.45, 2.75) is 11.8 Å². The first-order chi connectivity index (χ1) is 10.2. The van der Waals surface area contributed by atoms with Crippen LogP contribution in [0.1, 0.15) is 17.3 Å². The average molecular weight is 314 g/mol. The quantitative estimate of drug-likeness (QED) is 0.545. The van der Waals surface area contributed by atoms with Gasteiger partial charge < -0.3 is 5.32 Å². The van der Waals surface area contributed by atoms with E-state index < -0.39 is 0 Å². The lowest BCUT2D eigenvalue weighted by molar-refractivity contribution is 0.101. The molecule has 106 valence electrons. The summed E-state index contributed by atoms with van der Waals surface area (Å²) in [4.78, 5) is 17.2. The topological polar surface area (TPSA) is 42.0 Å². The molecule has 1 N–H and O–H groups in total. The second kappa shape index (κ2) is 5.87. The van der Waals surface area contributed by atoms with Gasteiger partial charge in [0.15, 0.2) is 10.9 Å². The van der Waals surface area contributed by atoms with E-state index in [1.807, 2.05) is 30.3 Å². The van der Waals surface area contributed by atoms with Gasteiger partial charge in [-0.05, 0) is 43.5 Å². The molecule has 0 aliphatic heterocycles. The minimum atomic E-state index is 0.0626. The molecule has 21 heavy (non-hydrogen) atoms. The normalized spacial score (nSPS) is 10.8. The van der Waals surface area contributed by atoms with Gasteiger partial charge in [-0.1, -0.05) is 23.5 Å². The maximum Gasteiger partial charge on any atom is 0.188 e. The fourth-order valence-corrected chi connectivity index (χ4v) is 3.46. The highest BCUT2D eigenvalue weighted by molar-refractivity contribution is 7.98. The van der Waals surface area contributed by atoms with Crippen LogP contribution in [0.4, 0.5) is 10.8 Å². The van der Waals surface area contributed by atoms with Crippen LogP contribution in [0.5, 0.6) is 0 Å². The van der Waals surface area contributed by atoms with Gasteiger partial charge in [0.2, 0.25) is 0 Å². The number of rotatable bonds is 4. The molecule has 1 aromatic heterocycles. The van der Waals surface area contributed by atoms with Gasteiger partial charge >= 0.3 is 0 Å². The van der Waals surface area contributed by atoms with E-state index in [0.717, 1.165) is 21.0 Å². The van der Waals surface area contributed by atoms with Crippen molar-refractivity contribution in [3.05, 3.63) is 48.0 Å². The highest BCUT2D eigenvalue weighted by Gasteiger charge is 2.06. The number of thioether (sulfide) groups is 1. The molecule has 0 amide bonds. The molecule has 0 spiro atoms. The third-order valence-corrected chi connectivity index (χ3v) is 4.77. The van der Waals surface area contributed by atoms with Gasteiger partial charge in [0.25, 0.3) is 0 Å². The zero-order valence-electron chi connectivity index (χ0n) is 11.7. The maximum atomic E-state index is 11.4. The molecular weight excluding hydrogens is 300 g/mol. The molecule has 3 aromatic rings. The Labute approximate surface area is 131 Å². The number of benzene rings is 2. The summed E-state index contributed by atoms with van der Waals surface area (Å²) in [6.07, 6.45) is 2.06. The average Bonchev–Trinajstić information content (AvgIpc) is 2.88. The van der Waals surface area contributed by atoms with E-state index in [2.05, 4.69) is 28.7 Å². The smallest absolute Gasteiger partial charge is 0.188 e. The SMILES string of the molecule is CSc1ccc2nc(Nc3cccc(C(C)=O)c3)sc2c1. The molecule has 0 aliphatic carbocycles. The van der Waals surface area contributed by atoms with Crippen molar-refractivity contribution >= 4 is 49.9 Å². The molecule has 0 radical (unpaired) electrons. The number of thiazole rings is 1. The van der Waals surface area contributed by atoms with Gasteiger partial charge in [0, 0.05) is 16.1 Å². The van der Waals surface area contributed by atoms with Crippen molar-refractivity contribution in [3.8, 4) is 0 Å². The summed E-state index contributed by atoms with van der Waals surface area (Å²) in [7, 11) is 0. The second-order valence-electron chi connectivity index (χ2n) is 4.61. The predicted octanol–water partition coefficient (Wildman–Crippen LogP) is 4.96. The number of Topliss-reactive ketones (excluding diaryl/α,β-unsaturated/α-hetero) is 1. The van der Waals surface area contributed by atoms with E-state index in [9.17, 15) is 4.79 Å². The van der Waals surface area contributed by atoms with Crippen LogP contribution in [0, 0.1) is 0 Å². The van der Waals surface area contributed by atoms with Crippen molar-refractivity contribution in [2.24, 2.45) is 0 Å². The number of hydrogen-bond acceptors (Lipinski definition) is 5. The predicted molar refractivity (Wildman–Crippen MR) is 91.1 cm³/mol. The fourth-order valence-electron chi connectivity index (χ4n) is 2.02. The van der Waals surface area contributed by atoms with Crippen LogP contribution in [0.25, 0.3) is 10.2 Å². The number of anilines is 2. The Hall–Kier alpha value is -1.85. The Morgan fingerprint density at radius 3 is 2.86 bits per heavy atom. The number of nitrogens with zero attached hydrogens (tertiary/aromatic N) is 1. The standard InChI is InChI=1S/C16H14N2OS2/c1-10(19)11-4-3-5-12(8-11)17-16-18-14-7-6-13(20-2)9-15(14)21-16/h3-9H,1-2H3,(H,17,18). The summed E-state index contributed by atoms with van der Waals surface area (Å²) in [5.41, 5.74) is 2.57. The van der Waals surface area contributed by atoms with Crippen LogP contribution >= 0.6 is 23.1 Å². The van der Waals surface area contributed by atoms with Gasteiger partial charge in [-0.15, -0.1) is 11.8 Å². The second-order valence-corrected chi connectivity index (χ2v) is 6.52. The van der Waals surface area contributed by atoms with Crippen molar-refractivity contribution in [1.29, 1.82) is 0 Å². The highest BCUT2D eigenvalue weighted by atomic mass is 32.2. The molecule has 3 rings (SSSR count). The third-order valence-electron chi connectivity index (χ3n) is 3.12. The minimum absolute atomic E-state index is 0.0626. The Morgan fingerprint density at radius 2 is 2.10 bits per heavy atom. The van der Waals surface area contributed by atoms with Gasteiger partial charge in [0.1, 0.15) is 0 Å². The van der Waals surface area contributed by atoms with Crippen LogP contribution in [0.3, 0.4) is 0 Å². The van der Waals surface area contributed by atoms with Gasteiger partial charge in [-0.3, -0.25) is 4.79 Å². The number of fused-ring (bicyclic) bond motifs is 1. The van der Waals surface area contributed by atoms with Gasteiger partial charge in [0.05, 0.1) is 10.2 Å². The first-order valence-electron chi connectivity index (χ1n) is 6.48. The molecule has 0 saturated heterocycles. The molecule has 1 heterocycles. The summed E-state index contributed by atoms with van der Waals surface area (Å²) in [6.45, 7) is 1.57. The Balaban J connectivity index is 1.91. The minimum Gasteiger partial charge on any atom is -0.332 e. The van der Waals surface area contributed by atoms with Crippen LogP contribution in [-0.2, 0) is 0 Å². The number of nitrogens with one attached hydrogen (secondary N) is 1. The van der Waals surface area contributed by atoms with Crippen molar-refractivity contribution in [2.75, 3.05) is 11.6 Å². The number of carbonyl (C=O) groups is 1. The Morgan fingerprint density at radius 1 is 1.24 bits per heavy atom. The lowest BCUT2D eigenvalue weighted by atomic mass is 10.1. The Kier molecular flexibility index (Phi) is 3.94. The number of ketones is 1. The van der Waals surface area contributed by atoms with E-state index in [4.69, 9.17) is 0 Å². The van der Waals surface area contributed by atoms with Crippen LogP contribution in [-0.4, -0.2) is 17.0 Å². The molecule has 0 saturated carbocycles. The highest BCUT2D eigenvalue weighted by Crippen LogP contribution is 2.31. The first kappa shape index (κ1) is 14.1. The summed E-state index contributed by atoms with van der Waals surface area (Å²) in [5.74, 6) is 0.0626. The lowest BCUT2D eigenvalue weighted by Crippen LogP contribution is -1.94. The summed E-state index contributed by atoms with van der Waals surface area (Å²) < 4.78 is 1.16. The number of carbonyl (C=O) groups excluding carboxylic acids is 1. The molecule has 0 aliphatic rings. The summed E-state index contributed by atoms with van der Waals surface area (Å²) >= 11 is 3.34. The number of aromatic nitrogens is 1. The van der Waals surface area contributed by atoms with E-state index in [0.29, 0.717) is 5.56 Å². The zero-order valence-corrected chi connectivity index (χ0v) is 13.3. The van der Waals surface area contributed by atoms with Crippen molar-refractivity contribution < 1.29 is 4.79 Å². The fraction of sp³-hybridized carbons (Fsp3) is 0.125. The van der Waals surface area contributed by atoms with Crippen LogP contribution in [0.2, 0.25) is 0 Å². The van der Waals surface area contributed by atoms with Crippen molar-refractivity contribution in [1.82, 2.24) is 4.98 Å². The third kappa shape index (κ3) is 3.09. The van der Waals surface area contributed by atoms with Crippen molar-refractivity contribution in [3.63, 3.8) is 0 Å². The molecule has 0 unspecified atom stereocenters. The van der Waals surface area contributed by atoms with E-state index in [-0.39, 0.29) is 5.78 Å². The summed E-state index contributed by atoms with van der Waals surface area (Å²) in [6, 6.07) is 13.7. The largest absolute Gasteiger partial charge is 0.332 e. The zero-order chi connectivity index (χ0) is 14.8. The van der Waals surface area contributed by atoms with Gasteiger partial charge in [-0.25, -0.2) is 4.98 Å². The molecule has 0 fully saturated rings. The molecule has 5 heteroatoms. The molecule has 0 atom stereocenters. The molecule has 0 bridgehead atoms. The molecule has 2 aromatic carbocycles. The summed E-state index contributed by atoms with van der Waals surface area (Å²) in [5, 5.41) is 4.11. The Bertz CT molecular complexity index is 811.